The van der Waals surface area contributed by atoms with Crippen molar-refractivity contribution in [1.29, 1.82) is 0 Å². The number of aliphatic hydroxyl groups excluding tert-OH is 2. The molecule has 0 fully saturated rings. The van der Waals surface area contributed by atoms with Gasteiger partial charge in [0.1, 0.15) is 0 Å². The molecule has 0 atom stereocenters. The SMILES string of the molecule is O=C(CN(CCO)CCO)N(Cc1ccccc1)Cc1ccccc1. The first-order valence-electron chi connectivity index (χ1n) is 8.52. The predicted molar refractivity (Wildman–Crippen MR) is 97.7 cm³/mol. The molecule has 0 unspecified atom stereocenters. The van der Waals surface area contributed by atoms with Crippen LogP contribution in [0.25, 0.3) is 0 Å². The molecule has 0 radical (unpaired) electrons. The van der Waals surface area contributed by atoms with E-state index in [-0.39, 0.29) is 25.7 Å². The Morgan fingerprint density at radius 3 is 1.60 bits per heavy atom. The normalized spacial score (nSPS) is 10.8. The maximum Gasteiger partial charge on any atom is 0.237 e. The standard InChI is InChI=1S/C20H26N2O3/c23-13-11-21(12-14-24)17-20(25)22(15-18-7-3-1-4-8-18)16-19-9-5-2-6-10-19/h1-10,23-24H,11-17H2. The van der Waals surface area contributed by atoms with Crippen LogP contribution in [0, 0.1) is 0 Å². The maximum atomic E-state index is 12.8. The van der Waals surface area contributed by atoms with Crippen LogP contribution in [0.2, 0.25) is 0 Å². The molecule has 0 heterocycles. The Morgan fingerprint density at radius 1 is 0.760 bits per heavy atom. The third-order valence-electron chi connectivity index (χ3n) is 3.98. The molecule has 0 aliphatic rings. The molecule has 2 rings (SSSR count). The molecular formula is C20H26N2O3. The van der Waals surface area contributed by atoms with E-state index in [1.165, 1.54) is 0 Å². The first-order chi connectivity index (χ1) is 12.2. The van der Waals surface area contributed by atoms with Gasteiger partial charge in [-0.3, -0.25) is 9.69 Å². The zero-order valence-electron chi connectivity index (χ0n) is 14.4. The Bertz CT molecular complexity index is 572. The summed E-state index contributed by atoms with van der Waals surface area (Å²) in [6.07, 6.45) is 0. The average molecular weight is 342 g/mol. The smallest absolute Gasteiger partial charge is 0.237 e. The number of rotatable bonds is 10. The summed E-state index contributed by atoms with van der Waals surface area (Å²) in [5.74, 6) is -0.0189. The largest absolute Gasteiger partial charge is 0.395 e. The summed E-state index contributed by atoms with van der Waals surface area (Å²) in [6, 6.07) is 19.8. The molecule has 0 aliphatic carbocycles. The van der Waals surface area contributed by atoms with Gasteiger partial charge in [0.2, 0.25) is 5.91 Å². The number of amides is 1. The fourth-order valence-electron chi connectivity index (χ4n) is 2.68. The van der Waals surface area contributed by atoms with Gasteiger partial charge in [-0.25, -0.2) is 0 Å². The minimum absolute atomic E-state index is 0.0189. The van der Waals surface area contributed by atoms with Crippen LogP contribution < -0.4 is 0 Å². The average Bonchev–Trinajstić information content (AvgIpc) is 2.63. The highest BCUT2D eigenvalue weighted by atomic mass is 16.3. The molecule has 25 heavy (non-hydrogen) atoms. The zero-order valence-corrected chi connectivity index (χ0v) is 14.4. The quantitative estimate of drug-likeness (QED) is 0.687. The van der Waals surface area contributed by atoms with Gasteiger partial charge < -0.3 is 15.1 Å². The number of aliphatic hydroxyl groups is 2. The molecule has 2 N–H and O–H groups in total. The molecule has 2 aromatic rings. The first kappa shape index (κ1) is 19.1. The molecule has 1 amide bonds. The third-order valence-corrected chi connectivity index (χ3v) is 3.98. The Balaban J connectivity index is 2.10. The van der Waals surface area contributed by atoms with Crippen LogP contribution >= 0.6 is 0 Å². The molecule has 0 aromatic heterocycles. The summed E-state index contributed by atoms with van der Waals surface area (Å²) in [4.78, 5) is 16.4. The molecule has 5 heteroatoms. The molecule has 0 spiro atoms. The minimum atomic E-state index is -0.0371. The Morgan fingerprint density at radius 2 is 1.20 bits per heavy atom. The van der Waals surface area contributed by atoms with Crippen LogP contribution in [-0.4, -0.2) is 58.8 Å². The third kappa shape index (κ3) is 6.66. The van der Waals surface area contributed by atoms with E-state index < -0.39 is 0 Å². The second-order valence-electron chi connectivity index (χ2n) is 5.94. The Hall–Kier alpha value is -2.21. The molecule has 2 aromatic carbocycles. The topological polar surface area (TPSA) is 64.0 Å². The number of carbonyl (C=O) groups is 1. The van der Waals surface area contributed by atoms with E-state index in [9.17, 15) is 4.79 Å². The summed E-state index contributed by atoms with van der Waals surface area (Å²) in [5, 5.41) is 18.3. The Labute approximate surface area is 149 Å². The van der Waals surface area contributed by atoms with Crippen LogP contribution in [0.1, 0.15) is 11.1 Å². The summed E-state index contributed by atoms with van der Waals surface area (Å²) < 4.78 is 0. The fourth-order valence-corrected chi connectivity index (χ4v) is 2.68. The lowest BCUT2D eigenvalue weighted by Gasteiger charge is -2.27. The molecular weight excluding hydrogens is 316 g/mol. The minimum Gasteiger partial charge on any atom is -0.395 e. The number of benzene rings is 2. The molecule has 0 saturated carbocycles. The summed E-state index contributed by atoms with van der Waals surface area (Å²) in [6.45, 7) is 1.91. The summed E-state index contributed by atoms with van der Waals surface area (Å²) in [7, 11) is 0. The number of nitrogens with zero attached hydrogens (tertiary/aromatic N) is 2. The monoisotopic (exact) mass is 342 g/mol. The first-order valence-corrected chi connectivity index (χ1v) is 8.52. The van der Waals surface area contributed by atoms with Gasteiger partial charge in [0.25, 0.3) is 0 Å². The molecule has 0 aliphatic heterocycles. The van der Waals surface area contributed by atoms with Gasteiger partial charge in [0, 0.05) is 26.2 Å². The highest BCUT2D eigenvalue weighted by Gasteiger charge is 2.18. The van der Waals surface area contributed by atoms with E-state index in [0.717, 1.165) is 11.1 Å². The lowest BCUT2D eigenvalue weighted by molar-refractivity contribution is -0.133. The molecule has 0 saturated heterocycles. The van der Waals surface area contributed by atoms with Gasteiger partial charge in [0.15, 0.2) is 0 Å². The van der Waals surface area contributed by atoms with Crippen LogP contribution in [0.15, 0.2) is 60.7 Å². The van der Waals surface area contributed by atoms with Crippen molar-refractivity contribution in [2.75, 3.05) is 32.8 Å². The second-order valence-corrected chi connectivity index (χ2v) is 5.94. The number of carbonyl (C=O) groups excluding carboxylic acids is 1. The summed E-state index contributed by atoms with van der Waals surface area (Å²) >= 11 is 0. The van der Waals surface area contributed by atoms with Gasteiger partial charge in [-0.05, 0) is 11.1 Å². The van der Waals surface area contributed by atoms with Crippen molar-refractivity contribution in [2.24, 2.45) is 0 Å². The van der Waals surface area contributed by atoms with E-state index in [0.29, 0.717) is 26.2 Å². The van der Waals surface area contributed by atoms with Crippen molar-refractivity contribution >= 4 is 5.91 Å². The molecule has 0 bridgehead atoms. The lowest BCUT2D eigenvalue weighted by atomic mass is 10.1. The second kappa shape index (κ2) is 10.6. The number of hydrogen-bond donors (Lipinski definition) is 2. The lowest BCUT2D eigenvalue weighted by Crippen LogP contribution is -2.41. The van der Waals surface area contributed by atoms with Crippen molar-refractivity contribution in [3.05, 3.63) is 71.8 Å². The highest BCUT2D eigenvalue weighted by molar-refractivity contribution is 5.78. The van der Waals surface area contributed by atoms with Crippen molar-refractivity contribution in [3.8, 4) is 0 Å². The van der Waals surface area contributed by atoms with Crippen LogP contribution in [0.5, 0.6) is 0 Å². The van der Waals surface area contributed by atoms with E-state index in [1.807, 2.05) is 65.6 Å². The predicted octanol–water partition coefficient (Wildman–Crippen LogP) is 1.50. The Kier molecular flexibility index (Phi) is 8.12. The van der Waals surface area contributed by atoms with Crippen LogP contribution in [-0.2, 0) is 17.9 Å². The summed E-state index contributed by atoms with van der Waals surface area (Å²) in [5.41, 5.74) is 2.14. The van der Waals surface area contributed by atoms with Crippen molar-refractivity contribution in [3.63, 3.8) is 0 Å². The van der Waals surface area contributed by atoms with Crippen molar-refractivity contribution < 1.29 is 15.0 Å². The zero-order chi connectivity index (χ0) is 17.9. The molecule has 5 nitrogen and oxygen atoms in total. The van der Waals surface area contributed by atoms with E-state index in [2.05, 4.69) is 0 Å². The van der Waals surface area contributed by atoms with Crippen molar-refractivity contribution in [2.45, 2.75) is 13.1 Å². The van der Waals surface area contributed by atoms with Gasteiger partial charge in [-0.1, -0.05) is 60.7 Å². The van der Waals surface area contributed by atoms with Crippen molar-refractivity contribution in [1.82, 2.24) is 9.80 Å². The van der Waals surface area contributed by atoms with E-state index >= 15 is 0 Å². The number of hydrogen-bond acceptors (Lipinski definition) is 4. The van der Waals surface area contributed by atoms with Gasteiger partial charge in [-0.15, -0.1) is 0 Å². The van der Waals surface area contributed by atoms with Crippen LogP contribution in [0.3, 0.4) is 0 Å². The van der Waals surface area contributed by atoms with Gasteiger partial charge in [0.05, 0.1) is 19.8 Å². The van der Waals surface area contributed by atoms with E-state index in [1.54, 1.807) is 4.90 Å². The van der Waals surface area contributed by atoms with E-state index in [4.69, 9.17) is 10.2 Å². The fraction of sp³-hybridized carbons (Fsp3) is 0.350. The maximum absolute atomic E-state index is 12.8. The van der Waals surface area contributed by atoms with Gasteiger partial charge in [-0.2, -0.15) is 0 Å². The van der Waals surface area contributed by atoms with Crippen LogP contribution in [0.4, 0.5) is 0 Å². The molecule has 134 valence electrons. The highest BCUT2D eigenvalue weighted by Crippen LogP contribution is 2.11. The van der Waals surface area contributed by atoms with Gasteiger partial charge >= 0.3 is 0 Å².